The summed E-state index contributed by atoms with van der Waals surface area (Å²) in [6.07, 6.45) is 5.51. The zero-order valence-electron chi connectivity index (χ0n) is 16.0. The first kappa shape index (κ1) is 18.3. The summed E-state index contributed by atoms with van der Waals surface area (Å²) in [5, 5.41) is 0. The lowest BCUT2D eigenvalue weighted by Crippen LogP contribution is -2.61. The van der Waals surface area contributed by atoms with Crippen LogP contribution in [0.1, 0.15) is 64.5 Å². The van der Waals surface area contributed by atoms with Gasteiger partial charge in [-0.3, -0.25) is 14.4 Å². The summed E-state index contributed by atoms with van der Waals surface area (Å²) >= 11 is 0. The molecule has 3 fully saturated rings. The van der Waals surface area contributed by atoms with Gasteiger partial charge in [0, 0.05) is 18.4 Å². The van der Waals surface area contributed by atoms with E-state index in [2.05, 4.69) is 6.92 Å². The van der Waals surface area contributed by atoms with Gasteiger partial charge in [0.25, 0.3) is 0 Å². The van der Waals surface area contributed by atoms with Crippen LogP contribution in [-0.2, 0) is 23.9 Å². The van der Waals surface area contributed by atoms with E-state index in [-0.39, 0.29) is 29.0 Å². The van der Waals surface area contributed by atoms with Crippen molar-refractivity contribution in [1.29, 1.82) is 0 Å². The quantitative estimate of drug-likeness (QED) is 0.736. The van der Waals surface area contributed by atoms with Crippen molar-refractivity contribution in [3.63, 3.8) is 0 Å². The highest BCUT2D eigenvalue weighted by molar-refractivity contribution is 5.90. The van der Waals surface area contributed by atoms with Gasteiger partial charge in [-0.15, -0.1) is 0 Å². The van der Waals surface area contributed by atoms with E-state index in [4.69, 9.17) is 13.9 Å². The average molecular weight is 374 g/mol. The fourth-order valence-corrected chi connectivity index (χ4v) is 5.94. The highest BCUT2D eigenvalue weighted by Crippen LogP contribution is 2.63. The van der Waals surface area contributed by atoms with Crippen LogP contribution < -0.4 is 0 Å². The summed E-state index contributed by atoms with van der Waals surface area (Å²) < 4.78 is 16.2. The van der Waals surface area contributed by atoms with Crippen LogP contribution in [0.5, 0.6) is 0 Å². The number of furan rings is 1. The van der Waals surface area contributed by atoms with Crippen molar-refractivity contribution in [2.45, 2.75) is 65.1 Å². The second kappa shape index (κ2) is 6.21. The molecule has 0 spiro atoms. The second-order valence-electron chi connectivity index (χ2n) is 8.91. The van der Waals surface area contributed by atoms with Gasteiger partial charge in [-0.2, -0.15) is 0 Å². The molecule has 1 saturated heterocycles. The zero-order chi connectivity index (χ0) is 19.4. The van der Waals surface area contributed by atoms with Gasteiger partial charge in [0.1, 0.15) is 6.10 Å². The summed E-state index contributed by atoms with van der Waals surface area (Å²) in [5.74, 6) is -1.34. The average Bonchev–Trinajstić information content (AvgIpc) is 3.11. The Hall–Kier alpha value is -2.11. The first-order valence-electron chi connectivity index (χ1n) is 9.68. The van der Waals surface area contributed by atoms with Crippen LogP contribution in [0, 0.1) is 22.7 Å². The number of fused-ring (bicyclic) bond motifs is 3. The summed E-state index contributed by atoms with van der Waals surface area (Å²) in [6, 6.07) is 1.80. The van der Waals surface area contributed by atoms with Gasteiger partial charge in [0.2, 0.25) is 0 Å². The molecule has 2 saturated carbocycles. The fraction of sp³-hybridized carbons (Fsp3) is 0.667. The molecule has 6 heteroatoms. The van der Waals surface area contributed by atoms with E-state index < -0.39 is 23.6 Å². The normalized spacial score (nSPS) is 41.3. The monoisotopic (exact) mass is 374 g/mol. The van der Waals surface area contributed by atoms with Crippen LogP contribution >= 0.6 is 0 Å². The van der Waals surface area contributed by atoms with E-state index in [1.807, 2.05) is 6.92 Å². The maximum atomic E-state index is 13.4. The van der Waals surface area contributed by atoms with Crippen LogP contribution in [0.3, 0.4) is 0 Å². The highest BCUT2D eigenvalue weighted by atomic mass is 16.6. The lowest BCUT2D eigenvalue weighted by molar-refractivity contribution is -0.201. The summed E-state index contributed by atoms with van der Waals surface area (Å²) in [5.41, 5.74) is 0.104. The first-order valence-corrected chi connectivity index (χ1v) is 9.68. The Morgan fingerprint density at radius 2 is 1.96 bits per heavy atom. The van der Waals surface area contributed by atoms with Crippen LogP contribution in [0.15, 0.2) is 23.0 Å². The number of rotatable bonds is 2. The molecule has 2 heterocycles. The molecule has 3 aliphatic rings. The Kier molecular flexibility index (Phi) is 4.20. The van der Waals surface area contributed by atoms with Crippen molar-refractivity contribution < 1.29 is 28.3 Å². The topological polar surface area (TPSA) is 82.8 Å². The predicted molar refractivity (Wildman–Crippen MR) is 94.4 cm³/mol. The molecule has 4 unspecified atom stereocenters. The Bertz CT molecular complexity index is 768. The van der Waals surface area contributed by atoms with E-state index in [0.717, 1.165) is 24.8 Å². The van der Waals surface area contributed by atoms with Crippen molar-refractivity contribution in [3.05, 3.63) is 24.2 Å². The van der Waals surface area contributed by atoms with Gasteiger partial charge in [0.05, 0.1) is 18.4 Å². The summed E-state index contributed by atoms with van der Waals surface area (Å²) in [4.78, 5) is 37.7. The Labute approximate surface area is 158 Å². The van der Waals surface area contributed by atoms with Crippen LogP contribution in [0.25, 0.3) is 0 Å². The molecule has 0 amide bonds. The molecule has 6 nitrogen and oxygen atoms in total. The molecule has 1 aliphatic heterocycles. The van der Waals surface area contributed by atoms with Crippen molar-refractivity contribution in [3.8, 4) is 0 Å². The number of hydrogen-bond donors (Lipinski definition) is 0. The maximum Gasteiger partial charge on any atom is 0.310 e. The molecular weight excluding hydrogens is 348 g/mol. The number of hydrogen-bond acceptors (Lipinski definition) is 6. The zero-order valence-corrected chi connectivity index (χ0v) is 16.0. The van der Waals surface area contributed by atoms with Crippen LogP contribution in [-0.4, -0.2) is 23.8 Å². The minimum absolute atomic E-state index is 0.0354. The van der Waals surface area contributed by atoms with E-state index in [1.165, 1.54) is 6.92 Å². The summed E-state index contributed by atoms with van der Waals surface area (Å²) in [6.45, 7) is 5.52. The molecule has 0 aromatic carbocycles. The van der Waals surface area contributed by atoms with Gasteiger partial charge in [-0.05, 0) is 49.0 Å². The minimum atomic E-state index is -0.707. The van der Waals surface area contributed by atoms with E-state index in [1.54, 1.807) is 18.6 Å². The number of cyclic esters (lactones) is 1. The lowest BCUT2D eigenvalue weighted by Gasteiger charge is -2.59. The maximum absolute atomic E-state index is 13.4. The number of ether oxygens (including phenoxy) is 2. The van der Waals surface area contributed by atoms with E-state index in [0.29, 0.717) is 12.8 Å². The molecule has 2 aliphatic carbocycles. The van der Waals surface area contributed by atoms with Gasteiger partial charge >= 0.3 is 11.9 Å². The number of ketones is 1. The number of carbonyl (C=O) groups excluding carboxylic acids is 3. The molecule has 4 rings (SSSR count). The molecule has 146 valence electrons. The summed E-state index contributed by atoms with van der Waals surface area (Å²) in [7, 11) is 0. The first-order chi connectivity index (χ1) is 12.7. The second-order valence-corrected chi connectivity index (χ2v) is 8.91. The van der Waals surface area contributed by atoms with Gasteiger partial charge in [-0.25, -0.2) is 0 Å². The molecule has 0 radical (unpaired) electrons. The smallest absolute Gasteiger partial charge is 0.310 e. The van der Waals surface area contributed by atoms with Gasteiger partial charge in [-0.1, -0.05) is 13.8 Å². The molecule has 0 bridgehead atoms. The van der Waals surface area contributed by atoms with E-state index >= 15 is 0 Å². The third kappa shape index (κ3) is 2.80. The third-order valence-corrected chi connectivity index (χ3v) is 7.13. The Balaban J connectivity index is 1.71. The van der Waals surface area contributed by atoms with Gasteiger partial charge in [0.15, 0.2) is 11.9 Å². The molecule has 1 aromatic heterocycles. The van der Waals surface area contributed by atoms with Crippen LogP contribution in [0.2, 0.25) is 0 Å². The van der Waals surface area contributed by atoms with E-state index in [9.17, 15) is 14.4 Å². The molecule has 27 heavy (non-hydrogen) atoms. The largest absolute Gasteiger partial charge is 0.472 e. The van der Waals surface area contributed by atoms with Crippen LogP contribution in [0.4, 0.5) is 0 Å². The standard InChI is InChI=1S/C21H26O6/c1-12(22)26-15-5-8-20(2)7-4-14-19(24)27-16(13-6-9-25-11-13)10-21(14,3)18(20)17(15)23/h6,9,11,14-16,18H,4-5,7-8,10H2,1-3H3/t14?,15?,16?,18?,20-,21-/m0/s1. The fourth-order valence-electron chi connectivity index (χ4n) is 5.94. The minimum Gasteiger partial charge on any atom is -0.472 e. The molecule has 0 N–H and O–H groups in total. The molecule has 6 atom stereocenters. The van der Waals surface area contributed by atoms with Crippen molar-refractivity contribution in [2.75, 3.05) is 0 Å². The van der Waals surface area contributed by atoms with Gasteiger partial charge < -0.3 is 13.9 Å². The third-order valence-electron chi connectivity index (χ3n) is 7.13. The predicted octanol–water partition coefficient (Wildman–Crippen LogP) is 3.60. The Morgan fingerprint density at radius 1 is 1.22 bits per heavy atom. The van der Waals surface area contributed by atoms with Crippen molar-refractivity contribution >= 4 is 17.7 Å². The Morgan fingerprint density at radius 3 is 2.63 bits per heavy atom. The lowest BCUT2D eigenvalue weighted by atomic mass is 9.45. The van der Waals surface area contributed by atoms with Crippen molar-refractivity contribution in [2.24, 2.45) is 22.7 Å². The molecule has 1 aromatic rings. The highest BCUT2D eigenvalue weighted by Gasteiger charge is 2.64. The SMILES string of the molecule is CC(=O)OC1CC[C@]2(C)CCC3C(=O)OC(c4ccoc4)C[C@]3(C)C2C1=O. The molecular formula is C21H26O6. The van der Waals surface area contributed by atoms with Crippen molar-refractivity contribution in [1.82, 2.24) is 0 Å². The number of esters is 2. The number of Topliss-reactive ketones (excluding diaryl/α,β-unsaturated/α-hetero) is 1. The number of carbonyl (C=O) groups is 3.